The number of carbonyl (C=O) groups excluding carboxylic acids is 1. The van der Waals surface area contributed by atoms with Crippen LogP contribution in [0.15, 0.2) is 34.8 Å². The van der Waals surface area contributed by atoms with Gasteiger partial charge in [-0.05, 0) is 59.1 Å². The van der Waals surface area contributed by atoms with Crippen molar-refractivity contribution in [3.05, 3.63) is 55.7 Å². The van der Waals surface area contributed by atoms with Crippen LogP contribution >= 0.6 is 27.3 Å². The molecule has 0 aliphatic rings. The molecule has 0 spiro atoms. The fourth-order valence-electron chi connectivity index (χ4n) is 1.77. The monoisotopic (exact) mass is 337 g/mol. The van der Waals surface area contributed by atoms with Crippen LogP contribution in [-0.2, 0) is 13.0 Å². The Morgan fingerprint density at radius 2 is 2.00 bits per heavy atom. The average molecular weight is 338 g/mol. The minimum atomic E-state index is -0.0432. The second kappa shape index (κ2) is 6.35. The Balaban J connectivity index is 2.01. The van der Waals surface area contributed by atoms with E-state index in [0.29, 0.717) is 12.1 Å². The minimum absolute atomic E-state index is 0.0432. The van der Waals surface area contributed by atoms with E-state index >= 15 is 0 Å². The van der Waals surface area contributed by atoms with Crippen LogP contribution in [0, 0.1) is 6.92 Å². The number of rotatable bonds is 4. The molecule has 2 rings (SSSR count). The number of aryl methyl sites for hydroxylation is 2. The van der Waals surface area contributed by atoms with Gasteiger partial charge in [0, 0.05) is 14.2 Å². The first-order valence-corrected chi connectivity index (χ1v) is 7.83. The van der Waals surface area contributed by atoms with Gasteiger partial charge in [-0.2, -0.15) is 0 Å². The molecule has 0 aliphatic heterocycles. The van der Waals surface area contributed by atoms with Gasteiger partial charge in [-0.15, -0.1) is 11.3 Å². The summed E-state index contributed by atoms with van der Waals surface area (Å²) in [4.78, 5) is 14.6. The lowest BCUT2D eigenvalue weighted by molar-refractivity contribution is 0.0950. The van der Waals surface area contributed by atoms with Crippen LogP contribution in [0.3, 0.4) is 0 Å². The summed E-state index contributed by atoms with van der Waals surface area (Å²) in [5, 5.41) is 2.95. The summed E-state index contributed by atoms with van der Waals surface area (Å²) < 4.78 is 0.838. The molecular formula is C15H16BrNOS. The molecule has 1 heterocycles. The van der Waals surface area contributed by atoms with Crippen molar-refractivity contribution in [1.82, 2.24) is 5.32 Å². The van der Waals surface area contributed by atoms with E-state index in [1.807, 2.05) is 25.1 Å². The molecule has 100 valence electrons. The number of hydrogen-bond donors (Lipinski definition) is 1. The van der Waals surface area contributed by atoms with Gasteiger partial charge in [0.15, 0.2) is 0 Å². The summed E-state index contributed by atoms with van der Waals surface area (Å²) in [5.74, 6) is -0.0432. The smallest absolute Gasteiger partial charge is 0.252 e. The number of halogens is 1. The fraction of sp³-hybridized carbons (Fsp3) is 0.267. The van der Waals surface area contributed by atoms with Crippen LogP contribution in [0.5, 0.6) is 0 Å². The molecule has 2 aromatic rings. The molecular weight excluding hydrogens is 322 g/mol. The third-order valence-corrected chi connectivity index (χ3v) is 4.74. The van der Waals surface area contributed by atoms with Crippen molar-refractivity contribution >= 4 is 33.2 Å². The molecule has 1 aromatic heterocycles. The molecule has 0 atom stereocenters. The van der Waals surface area contributed by atoms with E-state index in [-0.39, 0.29) is 5.91 Å². The highest BCUT2D eigenvalue weighted by atomic mass is 79.9. The lowest BCUT2D eigenvalue weighted by atomic mass is 10.1. The Kier molecular flexibility index (Phi) is 4.77. The van der Waals surface area contributed by atoms with Gasteiger partial charge < -0.3 is 5.32 Å². The van der Waals surface area contributed by atoms with E-state index in [1.165, 1.54) is 9.75 Å². The van der Waals surface area contributed by atoms with Crippen molar-refractivity contribution in [2.24, 2.45) is 0 Å². The molecule has 0 bridgehead atoms. The van der Waals surface area contributed by atoms with Crippen LogP contribution in [0.4, 0.5) is 0 Å². The molecule has 19 heavy (non-hydrogen) atoms. The summed E-state index contributed by atoms with van der Waals surface area (Å²) in [6, 6.07) is 9.94. The zero-order valence-corrected chi connectivity index (χ0v) is 13.4. The maximum atomic E-state index is 12.1. The summed E-state index contributed by atoms with van der Waals surface area (Å²) in [6.07, 6.45) is 1.04. The predicted molar refractivity (Wildman–Crippen MR) is 83.7 cm³/mol. The van der Waals surface area contributed by atoms with Crippen LogP contribution in [-0.4, -0.2) is 5.91 Å². The van der Waals surface area contributed by atoms with E-state index in [1.54, 1.807) is 11.3 Å². The third-order valence-electron chi connectivity index (χ3n) is 2.86. The SMILES string of the molecule is CCc1ccc(CNC(=O)c2ccc(C)cc2Br)s1. The summed E-state index contributed by atoms with van der Waals surface area (Å²) in [7, 11) is 0. The van der Waals surface area contributed by atoms with E-state index in [0.717, 1.165) is 16.5 Å². The second-order valence-corrected chi connectivity index (χ2v) is 6.49. The highest BCUT2D eigenvalue weighted by molar-refractivity contribution is 9.10. The number of carbonyl (C=O) groups is 1. The first-order chi connectivity index (χ1) is 9.10. The molecule has 4 heteroatoms. The minimum Gasteiger partial charge on any atom is -0.347 e. The second-order valence-electron chi connectivity index (χ2n) is 4.39. The molecule has 0 aliphatic carbocycles. The number of nitrogens with one attached hydrogen (secondary N) is 1. The van der Waals surface area contributed by atoms with Gasteiger partial charge in [0.2, 0.25) is 0 Å². The highest BCUT2D eigenvalue weighted by Gasteiger charge is 2.10. The van der Waals surface area contributed by atoms with Gasteiger partial charge in [-0.25, -0.2) is 0 Å². The zero-order chi connectivity index (χ0) is 13.8. The highest BCUT2D eigenvalue weighted by Crippen LogP contribution is 2.19. The van der Waals surface area contributed by atoms with Crippen molar-refractivity contribution in [2.75, 3.05) is 0 Å². The lowest BCUT2D eigenvalue weighted by Gasteiger charge is -2.06. The van der Waals surface area contributed by atoms with E-state index in [9.17, 15) is 4.79 Å². The largest absolute Gasteiger partial charge is 0.347 e. The molecule has 0 radical (unpaired) electrons. The predicted octanol–water partition coefficient (Wildman–Crippen LogP) is 4.31. The normalized spacial score (nSPS) is 10.5. The molecule has 1 aromatic carbocycles. The lowest BCUT2D eigenvalue weighted by Crippen LogP contribution is -2.22. The number of benzene rings is 1. The van der Waals surface area contributed by atoms with Crippen LogP contribution in [0.1, 0.15) is 32.6 Å². The van der Waals surface area contributed by atoms with E-state index in [2.05, 4.69) is 40.3 Å². The Bertz CT molecular complexity index is 592. The van der Waals surface area contributed by atoms with Gasteiger partial charge in [0.05, 0.1) is 12.1 Å². The van der Waals surface area contributed by atoms with Crippen molar-refractivity contribution < 1.29 is 4.79 Å². The third kappa shape index (κ3) is 3.67. The Morgan fingerprint density at radius 1 is 1.26 bits per heavy atom. The molecule has 2 nitrogen and oxygen atoms in total. The van der Waals surface area contributed by atoms with E-state index < -0.39 is 0 Å². The van der Waals surface area contributed by atoms with Gasteiger partial charge >= 0.3 is 0 Å². The van der Waals surface area contributed by atoms with Gasteiger partial charge in [-0.3, -0.25) is 4.79 Å². The van der Waals surface area contributed by atoms with E-state index in [4.69, 9.17) is 0 Å². The number of thiophene rings is 1. The van der Waals surface area contributed by atoms with Gasteiger partial charge in [-0.1, -0.05) is 13.0 Å². The Hall–Kier alpha value is -1.13. The molecule has 0 saturated carbocycles. The molecule has 1 N–H and O–H groups in total. The maximum Gasteiger partial charge on any atom is 0.252 e. The molecule has 0 fully saturated rings. The quantitative estimate of drug-likeness (QED) is 0.884. The maximum absolute atomic E-state index is 12.1. The van der Waals surface area contributed by atoms with Gasteiger partial charge in [0.1, 0.15) is 0 Å². The van der Waals surface area contributed by atoms with Crippen LogP contribution in [0.25, 0.3) is 0 Å². The molecule has 0 saturated heterocycles. The van der Waals surface area contributed by atoms with Gasteiger partial charge in [0.25, 0.3) is 5.91 Å². The Morgan fingerprint density at radius 3 is 2.63 bits per heavy atom. The first kappa shape index (κ1) is 14.3. The topological polar surface area (TPSA) is 29.1 Å². The first-order valence-electron chi connectivity index (χ1n) is 6.22. The fourth-order valence-corrected chi connectivity index (χ4v) is 3.35. The van der Waals surface area contributed by atoms with Crippen molar-refractivity contribution in [3.63, 3.8) is 0 Å². The zero-order valence-electron chi connectivity index (χ0n) is 11.0. The van der Waals surface area contributed by atoms with Crippen molar-refractivity contribution in [2.45, 2.75) is 26.8 Å². The Labute approximate surface area is 126 Å². The number of hydrogen-bond acceptors (Lipinski definition) is 2. The summed E-state index contributed by atoms with van der Waals surface area (Å²) in [5.41, 5.74) is 1.81. The van der Waals surface area contributed by atoms with Crippen molar-refractivity contribution in [3.8, 4) is 0 Å². The summed E-state index contributed by atoms with van der Waals surface area (Å²) >= 11 is 5.18. The summed E-state index contributed by atoms with van der Waals surface area (Å²) in [6.45, 7) is 4.73. The van der Waals surface area contributed by atoms with Crippen LogP contribution < -0.4 is 5.32 Å². The molecule has 0 unspecified atom stereocenters. The average Bonchev–Trinajstić information content (AvgIpc) is 2.84. The van der Waals surface area contributed by atoms with Crippen LogP contribution in [0.2, 0.25) is 0 Å². The molecule has 1 amide bonds. The number of amides is 1. The van der Waals surface area contributed by atoms with Crippen molar-refractivity contribution in [1.29, 1.82) is 0 Å². The standard InChI is InChI=1S/C15H16BrNOS/c1-3-11-5-6-12(19-11)9-17-15(18)13-7-4-10(2)8-14(13)16/h4-8H,3,9H2,1-2H3,(H,17,18).